The van der Waals surface area contributed by atoms with Crippen LogP contribution >= 0.6 is 0 Å². The van der Waals surface area contributed by atoms with Crippen molar-refractivity contribution in [2.75, 3.05) is 0 Å². The van der Waals surface area contributed by atoms with Gasteiger partial charge in [0.2, 0.25) is 0 Å². The third kappa shape index (κ3) is 4.69. The summed E-state index contributed by atoms with van der Waals surface area (Å²) in [5.74, 6) is 0.595. The van der Waals surface area contributed by atoms with Crippen molar-refractivity contribution in [3.8, 4) is 11.3 Å². The van der Waals surface area contributed by atoms with Crippen LogP contribution in [0.3, 0.4) is 0 Å². The molecule has 4 aromatic rings. The van der Waals surface area contributed by atoms with Crippen molar-refractivity contribution in [3.05, 3.63) is 83.7 Å². The summed E-state index contributed by atoms with van der Waals surface area (Å²) in [6.07, 6.45) is 4.94. The largest absolute Gasteiger partial charge is 0.598 e. The number of benzene rings is 2. The van der Waals surface area contributed by atoms with Gasteiger partial charge in [-0.05, 0) is 68.9 Å². The van der Waals surface area contributed by atoms with E-state index in [0.29, 0.717) is 12.3 Å². The lowest BCUT2D eigenvalue weighted by molar-refractivity contribution is 0.459. The minimum Gasteiger partial charge on any atom is -0.598 e. The Kier molecular flexibility index (Phi) is 5.99. The average molecular weight is 460 g/mol. The van der Waals surface area contributed by atoms with E-state index in [1.807, 2.05) is 69.4 Å². The molecule has 0 aliphatic heterocycles. The smallest absolute Gasteiger partial charge is 0.167 e. The van der Waals surface area contributed by atoms with Gasteiger partial charge in [-0.2, -0.15) is 0 Å². The molecule has 0 saturated heterocycles. The van der Waals surface area contributed by atoms with Crippen LogP contribution in [0, 0.1) is 0 Å². The number of pyridine rings is 1. The number of para-hydroxylation sites is 1. The summed E-state index contributed by atoms with van der Waals surface area (Å²) in [6.45, 7) is 5.96. The fourth-order valence-corrected chi connectivity index (χ4v) is 5.02. The third-order valence-corrected chi connectivity index (χ3v) is 7.73. The van der Waals surface area contributed by atoms with E-state index in [1.165, 1.54) is 18.4 Å². The highest BCUT2D eigenvalue weighted by molar-refractivity contribution is 7.90. The van der Waals surface area contributed by atoms with Gasteiger partial charge in [-0.25, -0.2) is 0 Å². The van der Waals surface area contributed by atoms with E-state index >= 15 is 0 Å². The Labute approximate surface area is 197 Å². The summed E-state index contributed by atoms with van der Waals surface area (Å²) in [6, 6.07) is 20.1. The number of nitrogens with zero attached hydrogens (tertiary/aromatic N) is 2. The monoisotopic (exact) mass is 459 g/mol. The molecule has 0 bridgehead atoms. The van der Waals surface area contributed by atoms with E-state index in [-0.39, 0.29) is 6.04 Å². The van der Waals surface area contributed by atoms with Gasteiger partial charge >= 0.3 is 0 Å². The molecule has 1 saturated carbocycles. The first-order chi connectivity index (χ1) is 15.9. The Hall–Kier alpha value is -2.67. The number of hydrogen-bond acceptors (Lipinski definition) is 5. The zero-order valence-electron chi connectivity index (χ0n) is 19.2. The summed E-state index contributed by atoms with van der Waals surface area (Å²) < 4.78 is 21.9. The van der Waals surface area contributed by atoms with Crippen molar-refractivity contribution in [1.29, 1.82) is 0 Å². The molecule has 0 amide bonds. The zero-order chi connectivity index (χ0) is 23.0. The summed E-state index contributed by atoms with van der Waals surface area (Å²) in [7, 11) is 0. The maximum atomic E-state index is 13.2. The van der Waals surface area contributed by atoms with Crippen LogP contribution in [0.25, 0.3) is 22.2 Å². The number of aromatic nitrogens is 2. The minimum absolute atomic E-state index is 0.191. The molecule has 1 aliphatic rings. The van der Waals surface area contributed by atoms with Gasteiger partial charge in [0.15, 0.2) is 5.58 Å². The Bertz CT molecular complexity index is 1260. The van der Waals surface area contributed by atoms with Crippen molar-refractivity contribution in [2.45, 2.75) is 56.7 Å². The van der Waals surface area contributed by atoms with E-state index < -0.39 is 16.1 Å². The van der Waals surface area contributed by atoms with Crippen molar-refractivity contribution >= 4 is 22.3 Å². The predicted octanol–water partition coefficient (Wildman–Crippen LogP) is 6.10. The maximum Gasteiger partial charge on any atom is 0.167 e. The molecule has 1 aliphatic carbocycles. The summed E-state index contributed by atoms with van der Waals surface area (Å²) in [5.41, 5.74) is 5.97. The Morgan fingerprint density at radius 3 is 2.61 bits per heavy atom. The molecule has 2 aromatic carbocycles. The highest BCUT2D eigenvalue weighted by Gasteiger charge is 2.33. The second-order valence-corrected chi connectivity index (χ2v) is 11.7. The van der Waals surface area contributed by atoms with E-state index in [1.54, 1.807) is 0 Å². The van der Waals surface area contributed by atoms with Gasteiger partial charge in [-0.1, -0.05) is 47.6 Å². The fraction of sp³-hybridized carbons (Fsp3) is 0.333. The molecule has 5 nitrogen and oxygen atoms in total. The van der Waals surface area contributed by atoms with Gasteiger partial charge in [-0.3, -0.25) is 4.98 Å². The summed E-state index contributed by atoms with van der Waals surface area (Å²) >= 11 is -1.25. The van der Waals surface area contributed by atoms with Crippen molar-refractivity contribution in [3.63, 3.8) is 0 Å². The highest BCUT2D eigenvalue weighted by Crippen LogP contribution is 2.42. The molecule has 1 fully saturated rings. The standard InChI is InChI=1S/C27H29N3O2S/c1-27(2,3)33(31)30-24(17-23-19(18-14-15-18)12-8-16-28-23)20-9-4-5-10-21(20)26-22-11-6-7-13-25(22)32-29-26/h4-13,16,18,24,30H,14-15,17H2,1-3H3/t24?,33-/m0/s1. The molecule has 2 atom stereocenters. The SMILES string of the molecule is CC(C)(C)[S@+]([O-])NC(Cc1ncccc1C1CC1)c1ccccc1-c1noc2ccccc12. The first-order valence-electron chi connectivity index (χ1n) is 11.5. The molecule has 6 heteroatoms. The van der Waals surface area contributed by atoms with E-state index in [0.717, 1.165) is 33.5 Å². The first-order valence-corrected chi connectivity index (χ1v) is 12.6. The first kappa shape index (κ1) is 22.1. The minimum atomic E-state index is -1.25. The maximum absolute atomic E-state index is 13.2. The Balaban J connectivity index is 1.59. The zero-order valence-corrected chi connectivity index (χ0v) is 20.1. The predicted molar refractivity (Wildman–Crippen MR) is 133 cm³/mol. The highest BCUT2D eigenvalue weighted by atomic mass is 32.2. The topological polar surface area (TPSA) is 74.0 Å². The molecule has 2 aromatic heterocycles. The molecule has 170 valence electrons. The molecule has 2 heterocycles. The lowest BCUT2D eigenvalue weighted by Crippen LogP contribution is -2.42. The molecule has 5 rings (SSSR count). The van der Waals surface area contributed by atoms with Crippen molar-refractivity contribution in [1.82, 2.24) is 14.9 Å². The average Bonchev–Trinajstić information content (AvgIpc) is 3.57. The van der Waals surface area contributed by atoms with Crippen LogP contribution in [-0.2, 0) is 17.8 Å². The van der Waals surface area contributed by atoms with E-state index in [4.69, 9.17) is 9.51 Å². The van der Waals surface area contributed by atoms with Crippen LogP contribution in [0.1, 0.15) is 62.4 Å². The molecule has 1 N–H and O–H groups in total. The van der Waals surface area contributed by atoms with Crippen LogP contribution < -0.4 is 4.72 Å². The lowest BCUT2D eigenvalue weighted by Gasteiger charge is -2.29. The molecule has 1 unspecified atom stereocenters. The number of rotatable bonds is 7. The number of hydrogen-bond donors (Lipinski definition) is 1. The van der Waals surface area contributed by atoms with Crippen LogP contribution in [0.4, 0.5) is 0 Å². The third-order valence-electron chi connectivity index (χ3n) is 6.11. The number of fused-ring (bicyclic) bond motifs is 1. The van der Waals surface area contributed by atoms with Gasteiger partial charge in [0.05, 0.1) is 6.04 Å². The molecular formula is C27H29N3O2S. The van der Waals surface area contributed by atoms with Crippen molar-refractivity contribution in [2.24, 2.45) is 0 Å². The summed E-state index contributed by atoms with van der Waals surface area (Å²) in [5, 5.41) is 5.37. The molecule has 0 radical (unpaired) electrons. The van der Waals surface area contributed by atoms with Gasteiger partial charge < -0.3 is 9.08 Å². The summed E-state index contributed by atoms with van der Waals surface area (Å²) in [4.78, 5) is 4.74. The second kappa shape index (κ2) is 8.93. The van der Waals surface area contributed by atoms with Gasteiger partial charge in [0.25, 0.3) is 0 Å². The van der Waals surface area contributed by atoms with Gasteiger partial charge in [0, 0.05) is 40.6 Å². The normalized spacial score (nSPS) is 16.1. The molecule has 33 heavy (non-hydrogen) atoms. The van der Waals surface area contributed by atoms with Crippen LogP contribution in [0.2, 0.25) is 0 Å². The van der Waals surface area contributed by atoms with E-state index in [9.17, 15) is 4.55 Å². The Morgan fingerprint density at radius 2 is 1.82 bits per heavy atom. The quantitative estimate of drug-likeness (QED) is 0.338. The Morgan fingerprint density at radius 1 is 1.06 bits per heavy atom. The lowest BCUT2D eigenvalue weighted by atomic mass is 9.93. The van der Waals surface area contributed by atoms with Gasteiger partial charge in [-0.15, -0.1) is 4.72 Å². The number of nitrogens with one attached hydrogen (secondary N) is 1. The molecular weight excluding hydrogens is 430 g/mol. The van der Waals surface area contributed by atoms with Crippen molar-refractivity contribution < 1.29 is 9.08 Å². The van der Waals surface area contributed by atoms with Crippen LogP contribution in [0.5, 0.6) is 0 Å². The fourth-order valence-electron chi connectivity index (χ4n) is 4.20. The van der Waals surface area contributed by atoms with Gasteiger partial charge in [0.1, 0.15) is 10.4 Å². The molecule has 0 spiro atoms. The van der Waals surface area contributed by atoms with E-state index in [2.05, 4.69) is 28.1 Å². The second-order valence-electron chi connectivity index (χ2n) is 9.68. The van der Waals surface area contributed by atoms with Crippen LogP contribution in [-0.4, -0.2) is 19.4 Å². The van der Waals surface area contributed by atoms with Crippen LogP contribution in [0.15, 0.2) is 71.4 Å².